The van der Waals surface area contributed by atoms with E-state index in [1.165, 1.54) is 24.0 Å². The van der Waals surface area contributed by atoms with Gasteiger partial charge >= 0.3 is 0 Å². The normalized spacial score (nSPS) is 20.1. The topological polar surface area (TPSA) is 0 Å². The van der Waals surface area contributed by atoms with Gasteiger partial charge in [-0.1, -0.05) is 49.5 Å². The van der Waals surface area contributed by atoms with Crippen LogP contribution in [-0.4, -0.2) is 0 Å². The zero-order chi connectivity index (χ0) is 11.3. The lowest BCUT2D eigenvalue weighted by Crippen LogP contribution is -2.19. The van der Waals surface area contributed by atoms with Crippen LogP contribution in [0.2, 0.25) is 0 Å². The van der Waals surface area contributed by atoms with Crippen molar-refractivity contribution >= 4 is 0 Å². The summed E-state index contributed by atoms with van der Waals surface area (Å²) < 4.78 is 0. The Morgan fingerprint density at radius 2 is 2.27 bits per heavy atom. The first-order valence-electron chi connectivity index (χ1n) is 5.75. The first-order chi connectivity index (χ1) is 7.11. The van der Waals surface area contributed by atoms with Crippen molar-refractivity contribution in [3.8, 4) is 0 Å². The van der Waals surface area contributed by atoms with Gasteiger partial charge in [0.05, 0.1) is 0 Å². The summed E-state index contributed by atoms with van der Waals surface area (Å²) in [5.74, 6) is 0. The number of hydrogen-bond donors (Lipinski definition) is 0. The number of hydrogen-bond acceptors (Lipinski definition) is 0. The summed E-state index contributed by atoms with van der Waals surface area (Å²) in [7, 11) is 0. The summed E-state index contributed by atoms with van der Waals surface area (Å²) in [6, 6.07) is 0. The molecule has 1 rings (SSSR count). The molecular formula is C15H22. The fraction of sp³-hybridized carbons (Fsp3) is 0.467. The average molecular weight is 202 g/mol. The smallest absolute Gasteiger partial charge is 0.0159 e. The molecule has 0 bridgehead atoms. The monoisotopic (exact) mass is 202 g/mol. The molecule has 0 spiro atoms. The predicted molar refractivity (Wildman–Crippen MR) is 68.8 cm³/mol. The Labute approximate surface area is 94.1 Å². The molecule has 0 N–H and O–H groups in total. The summed E-state index contributed by atoms with van der Waals surface area (Å²) in [5, 5.41) is 0. The second-order valence-corrected chi connectivity index (χ2v) is 4.52. The van der Waals surface area contributed by atoms with Crippen LogP contribution in [0, 0.1) is 5.41 Å². The van der Waals surface area contributed by atoms with Crippen molar-refractivity contribution in [3.63, 3.8) is 0 Å². The van der Waals surface area contributed by atoms with Crippen LogP contribution >= 0.6 is 0 Å². The Morgan fingerprint density at radius 3 is 2.73 bits per heavy atom. The largest absolute Gasteiger partial charge is 0.0992 e. The first-order valence-corrected chi connectivity index (χ1v) is 5.75. The van der Waals surface area contributed by atoms with E-state index in [9.17, 15) is 0 Å². The van der Waals surface area contributed by atoms with Crippen molar-refractivity contribution in [3.05, 3.63) is 48.1 Å². The molecule has 0 aromatic rings. The van der Waals surface area contributed by atoms with Gasteiger partial charge in [0.15, 0.2) is 0 Å². The Morgan fingerprint density at radius 1 is 1.53 bits per heavy atom. The minimum Gasteiger partial charge on any atom is -0.0992 e. The van der Waals surface area contributed by atoms with Crippen molar-refractivity contribution in [2.75, 3.05) is 0 Å². The van der Waals surface area contributed by atoms with E-state index in [1.54, 1.807) is 0 Å². The van der Waals surface area contributed by atoms with Crippen LogP contribution in [0.5, 0.6) is 0 Å². The van der Waals surface area contributed by atoms with Crippen molar-refractivity contribution < 1.29 is 0 Å². The summed E-state index contributed by atoms with van der Waals surface area (Å²) in [6.45, 7) is 10.6. The predicted octanol–water partition coefficient (Wildman–Crippen LogP) is 4.81. The lowest BCUT2D eigenvalue weighted by molar-refractivity contribution is 0.495. The fourth-order valence-corrected chi connectivity index (χ4v) is 1.91. The maximum Gasteiger partial charge on any atom is 0.0159 e. The van der Waals surface area contributed by atoms with Crippen LogP contribution in [-0.2, 0) is 0 Å². The van der Waals surface area contributed by atoms with Crippen molar-refractivity contribution in [2.24, 2.45) is 5.41 Å². The van der Waals surface area contributed by atoms with Gasteiger partial charge in [0.1, 0.15) is 0 Å². The molecule has 0 aromatic carbocycles. The van der Waals surface area contributed by atoms with Crippen LogP contribution in [0.4, 0.5) is 0 Å². The molecule has 0 nitrogen and oxygen atoms in total. The summed E-state index contributed by atoms with van der Waals surface area (Å²) in [4.78, 5) is 0. The summed E-state index contributed by atoms with van der Waals surface area (Å²) in [6.07, 6.45) is 14.7. The molecule has 0 fully saturated rings. The third kappa shape index (κ3) is 2.71. The van der Waals surface area contributed by atoms with Gasteiger partial charge in [-0.3, -0.25) is 0 Å². The molecule has 0 saturated carbocycles. The maximum atomic E-state index is 4.15. The highest BCUT2D eigenvalue weighted by Crippen LogP contribution is 2.40. The maximum absolute atomic E-state index is 4.15. The molecule has 0 amide bonds. The highest BCUT2D eigenvalue weighted by atomic mass is 14.3. The van der Waals surface area contributed by atoms with E-state index in [1.807, 2.05) is 0 Å². The van der Waals surface area contributed by atoms with E-state index in [2.05, 4.69) is 57.7 Å². The molecule has 0 radical (unpaired) electrons. The Bertz CT molecular complexity index is 315. The summed E-state index contributed by atoms with van der Waals surface area (Å²) >= 11 is 0. The van der Waals surface area contributed by atoms with Crippen molar-refractivity contribution in [2.45, 2.75) is 40.0 Å². The SMILES string of the molecule is C=C(C)C(C)(C/C=C\C)C1=CCCC=C1. The standard InChI is InChI=1S/C15H22/c1-5-6-12-15(4,13(2)3)14-10-8-7-9-11-14/h5-6,8,10-11H,2,7,9,12H2,1,3-4H3/b6-5-. The molecule has 1 aliphatic carbocycles. The average Bonchev–Trinajstić information content (AvgIpc) is 2.27. The van der Waals surface area contributed by atoms with Crippen LogP contribution in [0.15, 0.2) is 48.1 Å². The van der Waals surface area contributed by atoms with E-state index < -0.39 is 0 Å². The summed E-state index contributed by atoms with van der Waals surface area (Å²) in [5.41, 5.74) is 2.79. The van der Waals surface area contributed by atoms with Gasteiger partial charge in [0.2, 0.25) is 0 Å². The molecule has 0 aliphatic heterocycles. The molecule has 0 aromatic heterocycles. The highest BCUT2D eigenvalue weighted by molar-refractivity contribution is 5.36. The molecule has 82 valence electrons. The molecule has 1 aliphatic rings. The molecule has 1 unspecified atom stereocenters. The van der Waals surface area contributed by atoms with Crippen LogP contribution < -0.4 is 0 Å². The third-order valence-electron chi connectivity index (χ3n) is 3.34. The third-order valence-corrected chi connectivity index (χ3v) is 3.34. The second kappa shape index (κ2) is 5.16. The van der Waals surface area contributed by atoms with Gasteiger partial charge in [-0.15, -0.1) is 0 Å². The Hall–Kier alpha value is -1.04. The quantitative estimate of drug-likeness (QED) is 0.574. The molecular weight excluding hydrogens is 180 g/mol. The van der Waals surface area contributed by atoms with E-state index in [0.29, 0.717) is 0 Å². The second-order valence-electron chi connectivity index (χ2n) is 4.52. The van der Waals surface area contributed by atoms with Crippen LogP contribution in [0.1, 0.15) is 40.0 Å². The first kappa shape index (κ1) is 12.0. The lowest BCUT2D eigenvalue weighted by atomic mass is 9.72. The van der Waals surface area contributed by atoms with Crippen LogP contribution in [0.3, 0.4) is 0 Å². The van der Waals surface area contributed by atoms with Crippen LogP contribution in [0.25, 0.3) is 0 Å². The van der Waals surface area contributed by atoms with E-state index in [-0.39, 0.29) is 5.41 Å². The zero-order valence-corrected chi connectivity index (χ0v) is 10.2. The number of rotatable bonds is 4. The minimum absolute atomic E-state index is 0.115. The molecule has 0 heteroatoms. The lowest BCUT2D eigenvalue weighted by Gasteiger charge is -2.32. The molecule has 15 heavy (non-hydrogen) atoms. The Kier molecular flexibility index (Phi) is 4.14. The Balaban J connectivity index is 2.94. The molecule has 0 heterocycles. The van der Waals surface area contributed by atoms with E-state index in [0.717, 1.165) is 6.42 Å². The van der Waals surface area contributed by atoms with E-state index in [4.69, 9.17) is 0 Å². The van der Waals surface area contributed by atoms with Gasteiger partial charge in [0.25, 0.3) is 0 Å². The zero-order valence-electron chi connectivity index (χ0n) is 10.2. The highest BCUT2D eigenvalue weighted by Gasteiger charge is 2.27. The van der Waals surface area contributed by atoms with Gasteiger partial charge in [-0.2, -0.15) is 0 Å². The van der Waals surface area contributed by atoms with Crippen molar-refractivity contribution in [1.29, 1.82) is 0 Å². The van der Waals surface area contributed by atoms with Crippen molar-refractivity contribution in [1.82, 2.24) is 0 Å². The fourth-order valence-electron chi connectivity index (χ4n) is 1.91. The minimum atomic E-state index is 0.115. The number of allylic oxidation sites excluding steroid dienone is 7. The van der Waals surface area contributed by atoms with Gasteiger partial charge in [0, 0.05) is 5.41 Å². The van der Waals surface area contributed by atoms with Gasteiger partial charge in [-0.05, 0) is 38.7 Å². The van der Waals surface area contributed by atoms with E-state index >= 15 is 0 Å². The molecule has 0 saturated heterocycles. The molecule has 1 atom stereocenters. The van der Waals surface area contributed by atoms with Gasteiger partial charge in [-0.25, -0.2) is 0 Å². The van der Waals surface area contributed by atoms with Gasteiger partial charge < -0.3 is 0 Å².